The predicted octanol–water partition coefficient (Wildman–Crippen LogP) is 9.83. The number of aryl methyl sites for hydroxylation is 3. The van der Waals surface area contributed by atoms with E-state index in [9.17, 15) is 0 Å². The van der Waals surface area contributed by atoms with Crippen LogP contribution in [0.3, 0.4) is 0 Å². The topological polar surface area (TPSA) is 11.4 Å². The molecule has 0 spiro atoms. The molecule has 0 fully saturated rings. The minimum absolute atomic E-state index is 0.131. The van der Waals surface area contributed by atoms with Crippen LogP contribution in [-0.4, -0.2) is 11.6 Å². The molecule has 0 radical (unpaired) electrons. The largest absolute Gasteiger partial charge is 0.344 e. The SMILES string of the molecule is Cc1ccccc1N(C)c1cc2c(cc1C)c1cc3c(cc1n2C)C(C)(C)c1ccccc1N3c1ccccc1. The summed E-state index contributed by atoms with van der Waals surface area (Å²) in [5, 5.41) is 2.59. The second-order valence-corrected chi connectivity index (χ2v) is 11.8. The summed E-state index contributed by atoms with van der Waals surface area (Å²) in [6, 6.07) is 37.9. The summed E-state index contributed by atoms with van der Waals surface area (Å²) in [4.78, 5) is 4.77. The molecule has 2 heterocycles. The summed E-state index contributed by atoms with van der Waals surface area (Å²) < 4.78 is 2.38. The lowest BCUT2D eigenvalue weighted by Crippen LogP contribution is -2.30. The highest BCUT2D eigenvalue weighted by Crippen LogP contribution is 2.53. The Morgan fingerprint density at radius 3 is 2.02 bits per heavy atom. The second-order valence-electron chi connectivity index (χ2n) is 11.8. The number of benzene rings is 5. The number of hydrogen-bond donors (Lipinski definition) is 0. The molecule has 0 aliphatic carbocycles. The number of aromatic nitrogens is 1. The third-order valence-electron chi connectivity index (χ3n) is 9.03. The van der Waals surface area contributed by atoms with Crippen LogP contribution in [0.1, 0.15) is 36.1 Å². The highest BCUT2D eigenvalue weighted by atomic mass is 15.2. The molecule has 0 bridgehead atoms. The number of rotatable bonds is 3. The molecule has 7 rings (SSSR count). The molecule has 1 aliphatic rings. The maximum absolute atomic E-state index is 2.45. The highest BCUT2D eigenvalue weighted by molar-refractivity contribution is 6.12. The van der Waals surface area contributed by atoms with Crippen molar-refractivity contribution >= 4 is 50.2 Å². The van der Waals surface area contributed by atoms with E-state index >= 15 is 0 Å². The van der Waals surface area contributed by atoms with E-state index < -0.39 is 0 Å². The van der Waals surface area contributed by atoms with Crippen molar-refractivity contribution in [1.29, 1.82) is 0 Å². The molecule has 3 nitrogen and oxygen atoms in total. The fraction of sp³-hybridized carbons (Fsp3) is 0.189. The van der Waals surface area contributed by atoms with Gasteiger partial charge in [0.15, 0.2) is 0 Å². The van der Waals surface area contributed by atoms with Gasteiger partial charge in [-0.25, -0.2) is 0 Å². The van der Waals surface area contributed by atoms with Gasteiger partial charge in [-0.05, 0) is 84.6 Å². The van der Waals surface area contributed by atoms with Crippen molar-refractivity contribution < 1.29 is 0 Å². The van der Waals surface area contributed by atoms with Crippen LogP contribution in [0.25, 0.3) is 21.8 Å². The highest BCUT2D eigenvalue weighted by Gasteiger charge is 2.37. The molecule has 0 saturated heterocycles. The molecule has 1 aliphatic heterocycles. The third-order valence-corrected chi connectivity index (χ3v) is 9.03. The Bertz CT molecular complexity index is 1930. The van der Waals surface area contributed by atoms with Gasteiger partial charge < -0.3 is 14.4 Å². The van der Waals surface area contributed by atoms with Crippen LogP contribution in [0.2, 0.25) is 0 Å². The van der Waals surface area contributed by atoms with E-state index in [1.807, 2.05) is 0 Å². The first-order valence-corrected chi connectivity index (χ1v) is 14.1. The van der Waals surface area contributed by atoms with Crippen LogP contribution in [-0.2, 0) is 12.5 Å². The van der Waals surface area contributed by atoms with E-state index in [2.05, 4.69) is 159 Å². The Balaban J connectivity index is 1.50. The van der Waals surface area contributed by atoms with Crippen LogP contribution < -0.4 is 9.80 Å². The quantitative estimate of drug-likeness (QED) is 0.230. The zero-order valence-corrected chi connectivity index (χ0v) is 24.2. The van der Waals surface area contributed by atoms with Crippen molar-refractivity contribution in [2.45, 2.75) is 33.1 Å². The Labute approximate surface area is 236 Å². The van der Waals surface area contributed by atoms with E-state index in [1.165, 1.54) is 72.5 Å². The fourth-order valence-electron chi connectivity index (χ4n) is 6.82. The average Bonchev–Trinajstić information content (AvgIpc) is 3.22. The Morgan fingerprint density at radius 2 is 1.25 bits per heavy atom. The Hall–Kier alpha value is -4.50. The van der Waals surface area contributed by atoms with E-state index in [-0.39, 0.29) is 5.41 Å². The molecule has 6 aromatic rings. The maximum Gasteiger partial charge on any atom is 0.0510 e. The first-order chi connectivity index (χ1) is 19.3. The van der Waals surface area contributed by atoms with Gasteiger partial charge in [-0.3, -0.25) is 0 Å². The molecule has 0 unspecified atom stereocenters. The summed E-state index contributed by atoms with van der Waals surface area (Å²) >= 11 is 0. The molecule has 0 atom stereocenters. The molecule has 0 N–H and O–H groups in total. The summed E-state index contributed by atoms with van der Waals surface area (Å²) in [5.41, 5.74) is 13.8. The van der Waals surface area contributed by atoms with Gasteiger partial charge in [-0.2, -0.15) is 0 Å². The van der Waals surface area contributed by atoms with Crippen molar-refractivity contribution in [1.82, 2.24) is 4.57 Å². The minimum Gasteiger partial charge on any atom is -0.344 e. The molecule has 1 aromatic heterocycles. The van der Waals surface area contributed by atoms with E-state index in [0.29, 0.717) is 0 Å². The second kappa shape index (κ2) is 8.76. The van der Waals surface area contributed by atoms with E-state index in [4.69, 9.17) is 0 Å². The van der Waals surface area contributed by atoms with Crippen LogP contribution >= 0.6 is 0 Å². The van der Waals surface area contributed by atoms with Gasteiger partial charge in [0, 0.05) is 52.9 Å². The third kappa shape index (κ3) is 3.43. The number of para-hydroxylation sites is 3. The molecular formula is C37H35N3. The van der Waals surface area contributed by atoms with Crippen LogP contribution in [0.15, 0.2) is 103 Å². The van der Waals surface area contributed by atoms with Crippen molar-refractivity contribution in [3.63, 3.8) is 0 Å². The van der Waals surface area contributed by atoms with Crippen LogP contribution in [0.4, 0.5) is 28.4 Å². The smallest absolute Gasteiger partial charge is 0.0510 e. The summed E-state index contributed by atoms with van der Waals surface area (Å²) in [6.07, 6.45) is 0. The summed E-state index contributed by atoms with van der Waals surface area (Å²) in [5.74, 6) is 0. The zero-order chi connectivity index (χ0) is 27.8. The predicted molar refractivity (Wildman–Crippen MR) is 171 cm³/mol. The summed E-state index contributed by atoms with van der Waals surface area (Å²) in [7, 11) is 4.39. The van der Waals surface area contributed by atoms with E-state index in [0.717, 1.165) is 0 Å². The normalized spacial score (nSPS) is 13.9. The lowest BCUT2D eigenvalue weighted by molar-refractivity contribution is 0.632. The Morgan fingerprint density at radius 1 is 0.600 bits per heavy atom. The van der Waals surface area contributed by atoms with Crippen molar-refractivity contribution in [2.24, 2.45) is 7.05 Å². The molecule has 198 valence electrons. The molecule has 3 heteroatoms. The van der Waals surface area contributed by atoms with Crippen LogP contribution in [0, 0.1) is 13.8 Å². The Kier molecular flexibility index (Phi) is 5.37. The standard InChI is InChI=1S/C37H35N3/c1-24-14-10-12-18-31(24)38(5)33-23-35-27(20-25(33)2)28-21-36-30(22-34(28)39(35)6)37(3,4)29-17-11-13-19-32(29)40(36)26-15-8-7-9-16-26/h7-23H,1-6H3. The van der Waals surface area contributed by atoms with Gasteiger partial charge in [0.05, 0.1) is 16.9 Å². The lowest BCUT2D eigenvalue weighted by atomic mass is 9.73. The van der Waals surface area contributed by atoms with Gasteiger partial charge in [0.1, 0.15) is 0 Å². The molecule has 0 amide bonds. The molecule has 40 heavy (non-hydrogen) atoms. The van der Waals surface area contributed by atoms with Gasteiger partial charge in [-0.1, -0.05) is 68.4 Å². The molecule has 0 saturated carbocycles. The monoisotopic (exact) mass is 521 g/mol. The van der Waals surface area contributed by atoms with Gasteiger partial charge in [-0.15, -0.1) is 0 Å². The average molecular weight is 522 g/mol. The number of fused-ring (bicyclic) bond motifs is 5. The number of nitrogens with zero attached hydrogens (tertiary/aromatic N) is 3. The first kappa shape index (κ1) is 24.5. The van der Waals surface area contributed by atoms with Crippen molar-refractivity contribution in [3.05, 3.63) is 125 Å². The van der Waals surface area contributed by atoms with Crippen molar-refractivity contribution in [2.75, 3.05) is 16.8 Å². The molecular weight excluding hydrogens is 486 g/mol. The number of hydrogen-bond acceptors (Lipinski definition) is 2. The maximum atomic E-state index is 2.45. The van der Waals surface area contributed by atoms with Gasteiger partial charge in [0.25, 0.3) is 0 Å². The minimum atomic E-state index is -0.131. The first-order valence-electron chi connectivity index (χ1n) is 14.1. The summed E-state index contributed by atoms with van der Waals surface area (Å²) in [6.45, 7) is 9.14. The fourth-order valence-corrected chi connectivity index (χ4v) is 6.82. The van der Waals surface area contributed by atoms with E-state index in [1.54, 1.807) is 0 Å². The van der Waals surface area contributed by atoms with Crippen LogP contribution in [0.5, 0.6) is 0 Å². The lowest BCUT2D eigenvalue weighted by Gasteiger charge is -2.42. The number of anilines is 5. The van der Waals surface area contributed by atoms with Gasteiger partial charge >= 0.3 is 0 Å². The van der Waals surface area contributed by atoms with Crippen molar-refractivity contribution in [3.8, 4) is 0 Å². The van der Waals surface area contributed by atoms with Gasteiger partial charge in [0.2, 0.25) is 0 Å². The zero-order valence-electron chi connectivity index (χ0n) is 24.2. The molecule has 5 aromatic carbocycles.